The van der Waals surface area contributed by atoms with E-state index in [0.717, 1.165) is 0 Å². The number of ether oxygens (including phenoxy) is 1. The zero-order valence-corrected chi connectivity index (χ0v) is 6.81. The fraction of sp³-hybridized carbons (Fsp3) is 0.833. The van der Waals surface area contributed by atoms with Gasteiger partial charge in [0.15, 0.2) is 0 Å². The number of esters is 1. The molecule has 0 unspecified atom stereocenters. The summed E-state index contributed by atoms with van der Waals surface area (Å²) in [5.74, 6) is -2.13. The molecule has 0 atom stereocenters. The van der Waals surface area contributed by atoms with E-state index in [1.54, 1.807) is 6.92 Å². The van der Waals surface area contributed by atoms with Gasteiger partial charge in [0.25, 0.3) is 0 Å². The van der Waals surface area contributed by atoms with Crippen LogP contribution >= 0.6 is 0 Å². The Morgan fingerprint density at radius 2 is 1.75 bits per heavy atom. The van der Waals surface area contributed by atoms with Crippen LogP contribution < -0.4 is 0 Å². The molecule has 0 rings (SSSR count). The van der Waals surface area contributed by atoms with Gasteiger partial charge in [-0.3, -0.25) is 0 Å². The zero-order valence-electron chi connectivity index (χ0n) is 6.81. The molecule has 0 aromatic carbocycles. The lowest BCUT2D eigenvalue weighted by Crippen LogP contribution is -2.25. The minimum absolute atomic E-state index is 0.250. The van der Waals surface area contributed by atoms with Gasteiger partial charge in [-0.15, -0.1) is 0 Å². The number of hydrogen-bond acceptors (Lipinski definition) is 3. The third-order valence-corrected chi connectivity index (χ3v) is 0.507. The van der Waals surface area contributed by atoms with Crippen LogP contribution in [0.1, 0.15) is 13.8 Å². The van der Waals surface area contributed by atoms with Gasteiger partial charge in [0, 0.05) is 6.61 Å². The van der Waals surface area contributed by atoms with E-state index in [9.17, 15) is 18.0 Å². The van der Waals surface area contributed by atoms with Crippen LogP contribution in [0.4, 0.5) is 13.2 Å². The molecule has 0 aromatic heterocycles. The number of carbonyl (C=O) groups is 1. The van der Waals surface area contributed by atoms with E-state index in [1.807, 2.05) is 0 Å². The Morgan fingerprint density at radius 3 is 1.83 bits per heavy atom. The number of aliphatic hydroxyl groups is 1. The molecule has 0 saturated heterocycles. The lowest BCUT2D eigenvalue weighted by atomic mass is 10.7. The normalized spacial score (nSPS) is 9.83. The van der Waals surface area contributed by atoms with Crippen LogP contribution in [0.2, 0.25) is 0 Å². The van der Waals surface area contributed by atoms with Crippen molar-refractivity contribution in [1.29, 1.82) is 0 Å². The topological polar surface area (TPSA) is 46.5 Å². The first-order valence-corrected chi connectivity index (χ1v) is 3.24. The quantitative estimate of drug-likeness (QED) is 0.627. The summed E-state index contributed by atoms with van der Waals surface area (Å²) < 4.78 is 37.1. The number of carbonyl (C=O) groups excluding carboxylic acids is 1. The molecule has 0 aromatic rings. The van der Waals surface area contributed by atoms with E-state index >= 15 is 0 Å². The van der Waals surface area contributed by atoms with E-state index in [2.05, 4.69) is 4.74 Å². The zero-order chi connectivity index (χ0) is 10.2. The molecule has 1 N–H and O–H groups in total. The van der Waals surface area contributed by atoms with E-state index < -0.39 is 12.1 Å². The Labute approximate surface area is 68.1 Å². The maximum Gasteiger partial charge on any atom is 0.490 e. The average Bonchev–Trinajstić information content (AvgIpc) is 1.88. The maximum atomic E-state index is 11.2. The van der Waals surface area contributed by atoms with Crippen molar-refractivity contribution in [3.05, 3.63) is 0 Å². The summed E-state index contributed by atoms with van der Waals surface area (Å²) in [5, 5.41) is 7.57. The number of alkyl halides is 3. The predicted octanol–water partition coefficient (Wildman–Crippen LogP) is 1.11. The summed E-state index contributed by atoms with van der Waals surface area (Å²) in [6.45, 7) is 2.99. The van der Waals surface area contributed by atoms with Crippen molar-refractivity contribution < 1.29 is 27.8 Å². The smallest absolute Gasteiger partial charge is 0.459 e. The minimum atomic E-state index is -4.85. The molecule has 0 saturated carbocycles. The van der Waals surface area contributed by atoms with Gasteiger partial charge in [-0.1, -0.05) is 0 Å². The van der Waals surface area contributed by atoms with Gasteiger partial charge in [-0.2, -0.15) is 13.2 Å². The molecule has 0 fully saturated rings. The Balaban J connectivity index is 0. The van der Waals surface area contributed by atoms with Crippen LogP contribution in [0, 0.1) is 0 Å². The van der Waals surface area contributed by atoms with Gasteiger partial charge >= 0.3 is 12.1 Å². The van der Waals surface area contributed by atoms with Gasteiger partial charge in [0.1, 0.15) is 0 Å². The number of hydrogen-bond donors (Lipinski definition) is 1. The van der Waals surface area contributed by atoms with Gasteiger partial charge in [-0.05, 0) is 13.8 Å². The second-order valence-corrected chi connectivity index (χ2v) is 1.53. The van der Waals surface area contributed by atoms with E-state index in [1.165, 1.54) is 6.92 Å². The SMILES string of the molecule is CCO.CCOC(=O)C(F)(F)F. The van der Waals surface area contributed by atoms with Crippen molar-refractivity contribution in [3.8, 4) is 0 Å². The lowest BCUT2D eigenvalue weighted by Gasteiger charge is -2.02. The Kier molecular flexibility index (Phi) is 7.93. The summed E-state index contributed by atoms with van der Waals surface area (Å²) in [6.07, 6.45) is -4.85. The molecular formula is C6H11F3O3. The fourth-order valence-electron chi connectivity index (χ4n) is 0.213. The third-order valence-electron chi connectivity index (χ3n) is 0.507. The van der Waals surface area contributed by atoms with Crippen LogP contribution in [0.25, 0.3) is 0 Å². The molecule has 0 spiro atoms. The molecule has 0 aliphatic rings. The molecular weight excluding hydrogens is 177 g/mol. The van der Waals surface area contributed by atoms with Gasteiger partial charge < -0.3 is 9.84 Å². The first kappa shape index (κ1) is 13.8. The van der Waals surface area contributed by atoms with E-state index in [-0.39, 0.29) is 13.2 Å². The minimum Gasteiger partial charge on any atom is -0.459 e. The summed E-state index contributed by atoms with van der Waals surface area (Å²) >= 11 is 0. The summed E-state index contributed by atoms with van der Waals surface area (Å²) in [4.78, 5) is 9.72. The van der Waals surface area contributed by atoms with E-state index in [0.29, 0.717) is 0 Å². The van der Waals surface area contributed by atoms with Crippen LogP contribution in [-0.4, -0.2) is 30.5 Å². The van der Waals surface area contributed by atoms with Crippen LogP contribution in [0.15, 0.2) is 0 Å². The highest BCUT2D eigenvalue weighted by Gasteiger charge is 2.40. The maximum absolute atomic E-state index is 11.2. The van der Waals surface area contributed by atoms with Crippen molar-refractivity contribution in [2.24, 2.45) is 0 Å². The van der Waals surface area contributed by atoms with Gasteiger partial charge in [-0.25, -0.2) is 4.79 Å². The molecule has 0 radical (unpaired) electrons. The summed E-state index contributed by atoms with van der Waals surface area (Å²) in [6, 6.07) is 0. The second kappa shape index (κ2) is 6.90. The van der Waals surface area contributed by atoms with Crippen molar-refractivity contribution >= 4 is 5.97 Å². The standard InChI is InChI=1S/C4H5F3O2.C2H6O/c1-2-9-3(8)4(5,6)7;1-2-3/h2H2,1H3;3H,2H2,1H3. The fourth-order valence-corrected chi connectivity index (χ4v) is 0.213. The highest BCUT2D eigenvalue weighted by molar-refractivity contribution is 5.75. The molecule has 12 heavy (non-hydrogen) atoms. The first-order valence-electron chi connectivity index (χ1n) is 3.24. The monoisotopic (exact) mass is 188 g/mol. The Bertz CT molecular complexity index is 122. The molecule has 6 heteroatoms. The van der Waals surface area contributed by atoms with Crippen molar-refractivity contribution in [1.82, 2.24) is 0 Å². The van der Waals surface area contributed by atoms with Gasteiger partial charge in [0.2, 0.25) is 0 Å². The van der Waals surface area contributed by atoms with Crippen molar-refractivity contribution in [2.45, 2.75) is 20.0 Å². The van der Waals surface area contributed by atoms with E-state index in [4.69, 9.17) is 5.11 Å². The molecule has 0 amide bonds. The number of rotatable bonds is 1. The first-order chi connectivity index (χ1) is 5.40. The predicted molar refractivity (Wildman–Crippen MR) is 35.4 cm³/mol. The van der Waals surface area contributed by atoms with Crippen LogP contribution in [0.3, 0.4) is 0 Å². The molecule has 0 aliphatic carbocycles. The molecule has 0 bridgehead atoms. The third kappa shape index (κ3) is 9.22. The highest BCUT2D eigenvalue weighted by atomic mass is 19.4. The number of aliphatic hydroxyl groups excluding tert-OH is 1. The molecule has 0 heterocycles. The van der Waals surface area contributed by atoms with Crippen molar-refractivity contribution in [3.63, 3.8) is 0 Å². The summed E-state index contributed by atoms with van der Waals surface area (Å²) in [5.41, 5.74) is 0. The Hall–Kier alpha value is -0.780. The molecule has 0 aliphatic heterocycles. The lowest BCUT2D eigenvalue weighted by molar-refractivity contribution is -0.199. The molecule has 3 nitrogen and oxygen atoms in total. The Morgan fingerprint density at radius 1 is 1.42 bits per heavy atom. The van der Waals surface area contributed by atoms with Crippen LogP contribution in [0.5, 0.6) is 0 Å². The average molecular weight is 188 g/mol. The van der Waals surface area contributed by atoms with Crippen LogP contribution in [-0.2, 0) is 9.53 Å². The van der Waals surface area contributed by atoms with Gasteiger partial charge in [0.05, 0.1) is 6.61 Å². The summed E-state index contributed by atoms with van der Waals surface area (Å²) in [7, 11) is 0. The number of halogens is 3. The molecule has 74 valence electrons. The largest absolute Gasteiger partial charge is 0.490 e. The van der Waals surface area contributed by atoms with Crippen molar-refractivity contribution in [2.75, 3.05) is 13.2 Å². The highest BCUT2D eigenvalue weighted by Crippen LogP contribution is 2.15. The second-order valence-electron chi connectivity index (χ2n) is 1.53.